The molecule has 0 aromatic carbocycles. The average molecular weight is 136 g/mol. The topological polar surface area (TPSA) is 39.3 Å². The minimum atomic E-state index is -0.198. The fourth-order valence-corrected chi connectivity index (χ4v) is 0.619. The van der Waals surface area contributed by atoms with E-state index in [-0.39, 0.29) is 5.90 Å². The van der Waals surface area contributed by atoms with Gasteiger partial charge in [-0.2, -0.15) is 0 Å². The van der Waals surface area contributed by atoms with E-state index in [1.54, 1.807) is 12.4 Å². The molecule has 52 valence electrons. The van der Waals surface area contributed by atoms with Crippen LogP contribution in [0.15, 0.2) is 35.7 Å². The first-order chi connectivity index (χ1) is 4.79. The highest BCUT2D eigenvalue weighted by Crippen LogP contribution is 1.75. The van der Waals surface area contributed by atoms with Crippen LogP contribution in [0.4, 0.5) is 0 Å². The Hall–Kier alpha value is -1.38. The molecule has 0 unspecified atom stereocenters. The average Bonchev–Trinajstić information content (AvgIpc) is 1.88. The molecule has 0 radical (unpaired) electrons. The lowest BCUT2D eigenvalue weighted by atomic mass is 10.5. The number of pyridine rings is 1. The molecule has 0 fully saturated rings. The van der Waals surface area contributed by atoms with E-state index < -0.39 is 0 Å². The van der Waals surface area contributed by atoms with Crippen LogP contribution < -0.4 is 9.78 Å². The van der Waals surface area contributed by atoms with Gasteiger partial charge in [0.1, 0.15) is 0 Å². The number of hydrogen-bond donors (Lipinski definition) is 0. The molecule has 1 aromatic rings. The van der Waals surface area contributed by atoms with Crippen LogP contribution in [0.1, 0.15) is 6.92 Å². The fraction of sp³-hybridized carbons (Fsp3) is 0.143. The molecule has 0 amide bonds. The largest absolute Gasteiger partial charge is 0.858 e. The van der Waals surface area contributed by atoms with Crippen LogP contribution in [0.5, 0.6) is 0 Å². The molecular formula is C7H8N2O. The van der Waals surface area contributed by atoms with E-state index in [9.17, 15) is 5.11 Å². The zero-order valence-corrected chi connectivity index (χ0v) is 5.69. The Morgan fingerprint density at radius 3 is 2.40 bits per heavy atom. The van der Waals surface area contributed by atoms with Crippen molar-refractivity contribution in [1.29, 1.82) is 0 Å². The summed E-state index contributed by atoms with van der Waals surface area (Å²) in [7, 11) is 0. The summed E-state index contributed by atoms with van der Waals surface area (Å²) in [6.45, 7) is 1.42. The van der Waals surface area contributed by atoms with Crippen LogP contribution in [-0.4, -0.2) is 5.90 Å². The minimum Gasteiger partial charge on any atom is -0.858 e. The van der Waals surface area contributed by atoms with Gasteiger partial charge in [-0.1, -0.05) is 10.7 Å². The van der Waals surface area contributed by atoms with Crippen molar-refractivity contribution in [2.45, 2.75) is 6.92 Å². The third-order valence-corrected chi connectivity index (χ3v) is 0.956. The summed E-state index contributed by atoms with van der Waals surface area (Å²) in [5.74, 6) is -0.198. The van der Waals surface area contributed by atoms with Gasteiger partial charge in [0, 0.05) is 18.0 Å². The highest BCUT2D eigenvalue weighted by atomic mass is 16.3. The summed E-state index contributed by atoms with van der Waals surface area (Å²) in [4.78, 5) is 0. The van der Waals surface area contributed by atoms with Crippen LogP contribution in [-0.2, 0) is 0 Å². The Balaban J connectivity index is 2.87. The van der Waals surface area contributed by atoms with E-state index in [2.05, 4.69) is 5.10 Å². The van der Waals surface area contributed by atoms with E-state index in [1.165, 1.54) is 11.6 Å². The summed E-state index contributed by atoms with van der Waals surface area (Å²) in [5.41, 5.74) is 0. The monoisotopic (exact) mass is 136 g/mol. The van der Waals surface area contributed by atoms with Gasteiger partial charge in [0.15, 0.2) is 0 Å². The third kappa shape index (κ3) is 1.85. The maximum absolute atomic E-state index is 10.4. The minimum absolute atomic E-state index is 0.198. The summed E-state index contributed by atoms with van der Waals surface area (Å²) >= 11 is 0. The van der Waals surface area contributed by atoms with Crippen LogP contribution in [0.3, 0.4) is 0 Å². The molecule has 0 saturated carbocycles. The molecule has 0 aliphatic carbocycles. The van der Waals surface area contributed by atoms with Crippen molar-refractivity contribution in [3.63, 3.8) is 0 Å². The van der Waals surface area contributed by atoms with Crippen molar-refractivity contribution in [2.24, 2.45) is 5.10 Å². The molecule has 3 nitrogen and oxygen atoms in total. The summed E-state index contributed by atoms with van der Waals surface area (Å²) < 4.78 is 1.47. The molecule has 0 bridgehead atoms. The highest BCUT2D eigenvalue weighted by Gasteiger charge is 1.88. The van der Waals surface area contributed by atoms with Crippen molar-refractivity contribution in [2.75, 3.05) is 0 Å². The zero-order valence-electron chi connectivity index (χ0n) is 5.69. The van der Waals surface area contributed by atoms with Gasteiger partial charge in [0.2, 0.25) is 12.4 Å². The van der Waals surface area contributed by atoms with Crippen molar-refractivity contribution in [1.82, 2.24) is 0 Å². The van der Waals surface area contributed by atoms with Crippen LogP contribution in [0.25, 0.3) is 0 Å². The maximum atomic E-state index is 10.4. The second-order valence-corrected chi connectivity index (χ2v) is 1.87. The second-order valence-electron chi connectivity index (χ2n) is 1.87. The van der Waals surface area contributed by atoms with E-state index in [1.807, 2.05) is 18.2 Å². The number of rotatable bonds is 1. The van der Waals surface area contributed by atoms with Gasteiger partial charge >= 0.3 is 0 Å². The lowest BCUT2D eigenvalue weighted by molar-refractivity contribution is -0.681. The maximum Gasteiger partial charge on any atom is 0.202 e. The first kappa shape index (κ1) is 6.74. The Labute approximate surface area is 59.3 Å². The van der Waals surface area contributed by atoms with E-state index in [4.69, 9.17) is 0 Å². The van der Waals surface area contributed by atoms with Gasteiger partial charge in [-0.15, -0.1) is 0 Å². The van der Waals surface area contributed by atoms with Gasteiger partial charge in [0.05, 0.1) is 0 Å². The Kier molecular flexibility index (Phi) is 1.99. The van der Waals surface area contributed by atoms with Crippen molar-refractivity contribution in [3.05, 3.63) is 30.6 Å². The van der Waals surface area contributed by atoms with Crippen LogP contribution in [0.2, 0.25) is 0 Å². The first-order valence-corrected chi connectivity index (χ1v) is 2.98. The number of hydrogen-bond acceptors (Lipinski definition) is 2. The molecule has 3 heteroatoms. The molecular weight excluding hydrogens is 128 g/mol. The Morgan fingerprint density at radius 2 is 1.90 bits per heavy atom. The van der Waals surface area contributed by atoms with Gasteiger partial charge in [-0.25, -0.2) is 0 Å². The number of aromatic nitrogens is 1. The van der Waals surface area contributed by atoms with Gasteiger partial charge in [-0.05, 0) is 12.0 Å². The van der Waals surface area contributed by atoms with Gasteiger partial charge < -0.3 is 5.11 Å². The van der Waals surface area contributed by atoms with E-state index >= 15 is 0 Å². The molecule has 1 aromatic heterocycles. The second kappa shape index (κ2) is 2.96. The molecule has 1 heterocycles. The first-order valence-electron chi connectivity index (χ1n) is 2.98. The standard InChI is InChI=1S/C7H8N2O/c1-7(10)8-9-5-3-2-4-6-9/h2-6H,1H3. The normalized spacial score (nSPS) is 11.5. The van der Waals surface area contributed by atoms with Crippen molar-refractivity contribution < 1.29 is 9.78 Å². The van der Waals surface area contributed by atoms with Crippen LogP contribution >= 0.6 is 0 Å². The quantitative estimate of drug-likeness (QED) is 0.292. The SMILES string of the molecule is C/C([O-])=N/[n+]1ccccc1. The molecule has 0 saturated heterocycles. The molecule has 0 aliphatic rings. The predicted octanol–water partition coefficient (Wildman–Crippen LogP) is -0.484. The van der Waals surface area contributed by atoms with Gasteiger partial charge in [0.25, 0.3) is 0 Å². The van der Waals surface area contributed by atoms with E-state index in [0.717, 1.165) is 0 Å². The summed E-state index contributed by atoms with van der Waals surface area (Å²) in [5, 5.41) is 14.1. The molecule has 0 spiro atoms. The third-order valence-electron chi connectivity index (χ3n) is 0.956. The Morgan fingerprint density at radius 1 is 1.30 bits per heavy atom. The zero-order chi connectivity index (χ0) is 7.40. The van der Waals surface area contributed by atoms with Crippen molar-refractivity contribution in [3.8, 4) is 0 Å². The Bertz CT molecular complexity index is 227. The molecule has 1 rings (SSSR count). The number of nitrogens with zero attached hydrogens (tertiary/aromatic N) is 2. The molecule has 0 aliphatic heterocycles. The lowest BCUT2D eigenvalue weighted by Gasteiger charge is -1.94. The predicted molar refractivity (Wildman–Crippen MR) is 35.1 cm³/mol. The van der Waals surface area contributed by atoms with Crippen molar-refractivity contribution >= 4 is 5.90 Å². The summed E-state index contributed by atoms with van der Waals surface area (Å²) in [6, 6.07) is 5.49. The molecule has 0 atom stereocenters. The molecule has 10 heavy (non-hydrogen) atoms. The highest BCUT2D eigenvalue weighted by molar-refractivity contribution is 5.67. The smallest absolute Gasteiger partial charge is 0.202 e. The fourth-order valence-electron chi connectivity index (χ4n) is 0.619. The van der Waals surface area contributed by atoms with Crippen LogP contribution in [0, 0.1) is 0 Å². The summed E-state index contributed by atoms with van der Waals surface area (Å²) in [6.07, 6.45) is 3.42. The lowest BCUT2D eigenvalue weighted by Crippen LogP contribution is -2.30. The molecule has 0 N–H and O–H groups in total. The van der Waals surface area contributed by atoms with E-state index in [0.29, 0.717) is 0 Å². The van der Waals surface area contributed by atoms with Gasteiger partial charge in [-0.3, -0.25) is 0 Å².